The van der Waals surface area contributed by atoms with Gasteiger partial charge in [0.2, 0.25) is 0 Å². The quantitative estimate of drug-likeness (QED) is 0.845. The summed E-state index contributed by atoms with van der Waals surface area (Å²) in [6.45, 7) is 9.81. The van der Waals surface area contributed by atoms with Crippen molar-refractivity contribution in [1.82, 2.24) is 10.2 Å². The predicted molar refractivity (Wildman–Crippen MR) is 106 cm³/mol. The zero-order valence-electron chi connectivity index (χ0n) is 15.9. The van der Waals surface area contributed by atoms with Gasteiger partial charge in [0.25, 0.3) is 0 Å². The number of hydrogen-bond donors (Lipinski definition) is 1. The molecule has 1 heterocycles. The molecule has 0 radical (unpaired) electrons. The number of benzene rings is 2. The van der Waals surface area contributed by atoms with Gasteiger partial charge in [0.15, 0.2) is 0 Å². The maximum absolute atomic E-state index is 9.02. The van der Waals surface area contributed by atoms with Gasteiger partial charge in [0.05, 0.1) is 11.6 Å². The third-order valence-corrected chi connectivity index (χ3v) is 5.16. The number of rotatable bonds is 6. The lowest BCUT2D eigenvalue weighted by Gasteiger charge is -2.35. The lowest BCUT2D eigenvalue weighted by atomic mass is 9.91. The molecule has 1 N–H and O–H groups in total. The molecule has 2 aromatic rings. The smallest absolute Gasteiger partial charge is 0.0991 e. The van der Waals surface area contributed by atoms with Gasteiger partial charge in [-0.15, -0.1) is 0 Å². The fraction of sp³-hybridized carbons (Fsp3) is 0.435. The van der Waals surface area contributed by atoms with E-state index >= 15 is 0 Å². The van der Waals surface area contributed by atoms with Gasteiger partial charge in [-0.2, -0.15) is 5.26 Å². The highest BCUT2D eigenvalue weighted by Crippen LogP contribution is 2.23. The first-order chi connectivity index (χ1) is 12.6. The van der Waals surface area contributed by atoms with Crippen molar-refractivity contribution in [2.75, 3.05) is 13.1 Å². The number of nitrogens with zero attached hydrogens (tertiary/aromatic N) is 2. The van der Waals surface area contributed by atoms with Gasteiger partial charge in [-0.05, 0) is 47.1 Å². The number of nitriles is 1. The Bertz CT molecular complexity index is 752. The summed E-state index contributed by atoms with van der Waals surface area (Å²) in [5, 5.41) is 12.6. The normalized spacial score (nSPS) is 20.7. The van der Waals surface area contributed by atoms with E-state index in [9.17, 15) is 0 Å². The Morgan fingerprint density at radius 2 is 1.73 bits per heavy atom. The SMILES string of the molecule is C[C@@H]1C[C@H](C)CN(Cc2ccccc2CNCc2cccc(C#N)c2)C1. The largest absolute Gasteiger partial charge is 0.309 e. The lowest BCUT2D eigenvalue weighted by molar-refractivity contribution is 0.134. The minimum atomic E-state index is 0.720. The Morgan fingerprint density at radius 1 is 1.00 bits per heavy atom. The Labute approximate surface area is 157 Å². The summed E-state index contributed by atoms with van der Waals surface area (Å²) in [7, 11) is 0. The standard InChI is InChI=1S/C23H29N3/c1-18-10-19(2)16-26(15-18)17-23-9-4-3-8-22(23)14-25-13-21-7-5-6-20(11-21)12-24/h3-9,11,18-19,25H,10,13-17H2,1-2H3/t18-,19+. The van der Waals surface area contributed by atoms with Gasteiger partial charge in [-0.3, -0.25) is 4.90 Å². The van der Waals surface area contributed by atoms with Crippen LogP contribution in [0.25, 0.3) is 0 Å². The van der Waals surface area contributed by atoms with Gasteiger partial charge in [0, 0.05) is 32.7 Å². The lowest BCUT2D eigenvalue weighted by Crippen LogP contribution is -2.38. The molecule has 0 aliphatic carbocycles. The van der Waals surface area contributed by atoms with Gasteiger partial charge in [0.1, 0.15) is 0 Å². The van der Waals surface area contributed by atoms with E-state index in [0.717, 1.165) is 42.6 Å². The number of hydrogen-bond acceptors (Lipinski definition) is 3. The Balaban J connectivity index is 1.59. The highest BCUT2D eigenvalue weighted by Gasteiger charge is 2.22. The fourth-order valence-corrected chi connectivity index (χ4v) is 4.14. The predicted octanol–water partition coefficient (Wildman–Crippen LogP) is 4.33. The van der Waals surface area contributed by atoms with Crippen LogP contribution in [0.5, 0.6) is 0 Å². The van der Waals surface area contributed by atoms with Gasteiger partial charge >= 0.3 is 0 Å². The van der Waals surface area contributed by atoms with E-state index in [0.29, 0.717) is 0 Å². The molecule has 0 bridgehead atoms. The van der Waals surface area contributed by atoms with Gasteiger partial charge in [-0.1, -0.05) is 50.2 Å². The second-order valence-corrected chi connectivity index (χ2v) is 7.82. The van der Waals surface area contributed by atoms with Crippen LogP contribution in [0.1, 0.15) is 42.5 Å². The van der Waals surface area contributed by atoms with Crippen LogP contribution in [0.2, 0.25) is 0 Å². The zero-order chi connectivity index (χ0) is 18.4. The first-order valence-corrected chi connectivity index (χ1v) is 9.63. The zero-order valence-corrected chi connectivity index (χ0v) is 15.9. The van der Waals surface area contributed by atoms with Crippen LogP contribution in [0.15, 0.2) is 48.5 Å². The summed E-state index contributed by atoms with van der Waals surface area (Å²) in [5.74, 6) is 1.58. The molecule has 2 aromatic carbocycles. The third-order valence-electron chi connectivity index (χ3n) is 5.16. The summed E-state index contributed by atoms with van der Waals surface area (Å²) >= 11 is 0. The Morgan fingerprint density at radius 3 is 2.46 bits per heavy atom. The van der Waals surface area contributed by atoms with Crippen LogP contribution in [0, 0.1) is 23.2 Å². The summed E-state index contributed by atoms with van der Waals surface area (Å²) in [4.78, 5) is 2.61. The topological polar surface area (TPSA) is 39.1 Å². The van der Waals surface area contributed by atoms with Crippen molar-refractivity contribution < 1.29 is 0 Å². The molecule has 3 nitrogen and oxygen atoms in total. The maximum Gasteiger partial charge on any atom is 0.0991 e. The van der Waals surface area contributed by atoms with Crippen LogP contribution < -0.4 is 5.32 Å². The van der Waals surface area contributed by atoms with E-state index in [4.69, 9.17) is 5.26 Å². The second kappa shape index (κ2) is 8.98. The fourth-order valence-electron chi connectivity index (χ4n) is 4.14. The van der Waals surface area contributed by atoms with E-state index in [1.807, 2.05) is 18.2 Å². The first kappa shape index (κ1) is 18.6. The van der Waals surface area contributed by atoms with E-state index in [1.54, 1.807) is 0 Å². The minimum Gasteiger partial charge on any atom is -0.309 e. The molecule has 26 heavy (non-hydrogen) atoms. The first-order valence-electron chi connectivity index (χ1n) is 9.63. The Hall–Kier alpha value is -2.15. The highest BCUT2D eigenvalue weighted by atomic mass is 15.1. The summed E-state index contributed by atoms with van der Waals surface area (Å²) < 4.78 is 0. The average molecular weight is 348 g/mol. The number of piperidine rings is 1. The summed E-state index contributed by atoms with van der Waals surface area (Å²) in [6, 6.07) is 18.8. The van der Waals surface area contributed by atoms with Crippen molar-refractivity contribution in [3.05, 3.63) is 70.8 Å². The molecule has 136 valence electrons. The average Bonchev–Trinajstić information content (AvgIpc) is 2.62. The molecule has 3 heteroatoms. The maximum atomic E-state index is 9.02. The molecule has 2 atom stereocenters. The molecule has 3 rings (SSSR count). The van der Waals surface area contributed by atoms with Crippen LogP contribution in [-0.4, -0.2) is 18.0 Å². The molecule has 0 saturated carbocycles. The van der Waals surface area contributed by atoms with Crippen molar-refractivity contribution in [3.8, 4) is 6.07 Å². The third kappa shape index (κ3) is 5.17. The molecule has 1 saturated heterocycles. The van der Waals surface area contributed by atoms with Crippen molar-refractivity contribution in [1.29, 1.82) is 5.26 Å². The highest BCUT2D eigenvalue weighted by molar-refractivity contribution is 5.33. The molecule has 1 aliphatic rings. The summed E-state index contributed by atoms with van der Waals surface area (Å²) in [6.07, 6.45) is 1.35. The molecule has 0 amide bonds. The second-order valence-electron chi connectivity index (χ2n) is 7.82. The Kier molecular flexibility index (Phi) is 6.44. The van der Waals surface area contributed by atoms with E-state index in [2.05, 4.69) is 60.5 Å². The van der Waals surface area contributed by atoms with Crippen LogP contribution >= 0.6 is 0 Å². The monoisotopic (exact) mass is 347 g/mol. The van der Waals surface area contributed by atoms with E-state index < -0.39 is 0 Å². The van der Waals surface area contributed by atoms with Gasteiger partial charge < -0.3 is 5.32 Å². The number of nitrogens with one attached hydrogen (secondary N) is 1. The van der Waals surface area contributed by atoms with Crippen molar-refractivity contribution in [2.24, 2.45) is 11.8 Å². The van der Waals surface area contributed by atoms with E-state index in [1.165, 1.54) is 30.6 Å². The molecular weight excluding hydrogens is 318 g/mol. The summed E-state index contributed by atoms with van der Waals surface area (Å²) in [5.41, 5.74) is 4.67. The minimum absolute atomic E-state index is 0.720. The van der Waals surface area contributed by atoms with Gasteiger partial charge in [-0.25, -0.2) is 0 Å². The van der Waals surface area contributed by atoms with Crippen molar-refractivity contribution in [2.45, 2.75) is 39.9 Å². The van der Waals surface area contributed by atoms with Crippen molar-refractivity contribution in [3.63, 3.8) is 0 Å². The molecule has 1 aliphatic heterocycles. The van der Waals surface area contributed by atoms with Crippen molar-refractivity contribution >= 4 is 0 Å². The van der Waals surface area contributed by atoms with E-state index in [-0.39, 0.29) is 0 Å². The van der Waals surface area contributed by atoms with Crippen LogP contribution in [0.4, 0.5) is 0 Å². The van der Waals surface area contributed by atoms with Crippen LogP contribution in [0.3, 0.4) is 0 Å². The van der Waals surface area contributed by atoms with Crippen LogP contribution in [-0.2, 0) is 19.6 Å². The number of likely N-dealkylation sites (tertiary alicyclic amines) is 1. The molecule has 1 fully saturated rings. The molecule has 0 aromatic heterocycles. The molecule has 0 spiro atoms. The molecular formula is C23H29N3. The molecule has 0 unspecified atom stereocenters.